The van der Waals surface area contributed by atoms with Crippen LogP contribution in [0.5, 0.6) is 0 Å². The molecule has 0 radical (unpaired) electrons. The number of benzene rings is 2. The van der Waals surface area contributed by atoms with Crippen LogP contribution >= 0.6 is 11.8 Å². The summed E-state index contributed by atoms with van der Waals surface area (Å²) in [6, 6.07) is 15.7. The highest BCUT2D eigenvalue weighted by atomic mass is 32.2. The highest BCUT2D eigenvalue weighted by Crippen LogP contribution is 2.31. The van der Waals surface area contributed by atoms with Crippen molar-refractivity contribution in [3.05, 3.63) is 59.2 Å². The molecule has 0 aliphatic rings. The first-order valence-electron chi connectivity index (χ1n) is 7.68. The lowest BCUT2D eigenvalue weighted by atomic mass is 10.0. The molecule has 0 unspecified atom stereocenters. The fourth-order valence-electron chi connectivity index (χ4n) is 2.25. The molecule has 0 saturated carbocycles. The van der Waals surface area contributed by atoms with E-state index in [2.05, 4.69) is 75.5 Å². The van der Waals surface area contributed by atoms with Crippen LogP contribution in [0.1, 0.15) is 43.4 Å². The van der Waals surface area contributed by atoms with Gasteiger partial charge in [0.2, 0.25) is 0 Å². The fourth-order valence-corrected chi connectivity index (χ4v) is 3.14. The summed E-state index contributed by atoms with van der Waals surface area (Å²) >= 11 is 1.85. The Bertz CT molecular complexity index is 573. The molecule has 0 aliphatic carbocycles. The minimum atomic E-state index is 0.594. The molecular formula is C19H25NS. The van der Waals surface area contributed by atoms with Gasteiger partial charge >= 0.3 is 0 Å². The van der Waals surface area contributed by atoms with Crippen molar-refractivity contribution in [1.82, 2.24) is 5.32 Å². The molecule has 0 aliphatic heterocycles. The van der Waals surface area contributed by atoms with Crippen molar-refractivity contribution >= 4 is 11.8 Å². The van der Waals surface area contributed by atoms with Gasteiger partial charge in [0, 0.05) is 16.3 Å². The molecule has 0 aromatic heterocycles. The van der Waals surface area contributed by atoms with Crippen LogP contribution in [-0.4, -0.2) is 6.54 Å². The first kappa shape index (κ1) is 16.1. The summed E-state index contributed by atoms with van der Waals surface area (Å²) in [4.78, 5) is 2.65. The Hall–Kier alpha value is -1.25. The highest BCUT2D eigenvalue weighted by molar-refractivity contribution is 7.99. The molecule has 21 heavy (non-hydrogen) atoms. The van der Waals surface area contributed by atoms with Crippen molar-refractivity contribution in [3.8, 4) is 0 Å². The van der Waals surface area contributed by atoms with E-state index in [0.29, 0.717) is 5.92 Å². The van der Waals surface area contributed by atoms with E-state index in [4.69, 9.17) is 0 Å². The highest BCUT2D eigenvalue weighted by Gasteiger charge is 2.04. The van der Waals surface area contributed by atoms with E-state index in [1.54, 1.807) is 0 Å². The van der Waals surface area contributed by atoms with Gasteiger partial charge in [0.15, 0.2) is 0 Å². The largest absolute Gasteiger partial charge is 0.313 e. The molecule has 1 N–H and O–H groups in total. The second kappa shape index (κ2) is 7.67. The Morgan fingerprint density at radius 2 is 1.76 bits per heavy atom. The molecule has 0 spiro atoms. The maximum absolute atomic E-state index is 3.37. The van der Waals surface area contributed by atoms with Crippen LogP contribution in [0.3, 0.4) is 0 Å². The predicted molar refractivity (Wildman–Crippen MR) is 93.2 cm³/mol. The van der Waals surface area contributed by atoms with Gasteiger partial charge in [0.25, 0.3) is 0 Å². The van der Waals surface area contributed by atoms with E-state index < -0.39 is 0 Å². The Kier molecular flexibility index (Phi) is 5.89. The van der Waals surface area contributed by atoms with Gasteiger partial charge in [0.05, 0.1) is 0 Å². The molecule has 112 valence electrons. The minimum absolute atomic E-state index is 0.594. The SMILES string of the molecule is CCNCc1ccc(Sc2ccc(C(C)C)cc2)c(C)c1. The quantitative estimate of drug-likeness (QED) is 0.768. The van der Waals surface area contributed by atoms with E-state index in [1.807, 2.05) is 11.8 Å². The van der Waals surface area contributed by atoms with Crippen molar-refractivity contribution in [2.24, 2.45) is 0 Å². The van der Waals surface area contributed by atoms with Crippen LogP contribution in [0.25, 0.3) is 0 Å². The van der Waals surface area contributed by atoms with E-state index >= 15 is 0 Å². The fraction of sp³-hybridized carbons (Fsp3) is 0.368. The van der Waals surface area contributed by atoms with Gasteiger partial charge in [-0.3, -0.25) is 0 Å². The Morgan fingerprint density at radius 3 is 2.33 bits per heavy atom. The smallest absolute Gasteiger partial charge is 0.0205 e. The zero-order valence-electron chi connectivity index (χ0n) is 13.4. The number of nitrogens with one attached hydrogen (secondary N) is 1. The number of aryl methyl sites for hydroxylation is 1. The summed E-state index contributed by atoms with van der Waals surface area (Å²) in [5.41, 5.74) is 4.11. The van der Waals surface area contributed by atoms with Crippen LogP contribution in [0.2, 0.25) is 0 Å². The minimum Gasteiger partial charge on any atom is -0.313 e. The summed E-state index contributed by atoms with van der Waals surface area (Å²) in [7, 11) is 0. The zero-order valence-corrected chi connectivity index (χ0v) is 14.3. The third kappa shape index (κ3) is 4.62. The lowest BCUT2D eigenvalue weighted by Crippen LogP contribution is -2.11. The number of hydrogen-bond acceptors (Lipinski definition) is 2. The lowest BCUT2D eigenvalue weighted by molar-refractivity contribution is 0.726. The van der Waals surface area contributed by atoms with E-state index in [-0.39, 0.29) is 0 Å². The van der Waals surface area contributed by atoms with Crippen LogP contribution in [0.15, 0.2) is 52.3 Å². The van der Waals surface area contributed by atoms with Crippen molar-refractivity contribution < 1.29 is 0 Å². The van der Waals surface area contributed by atoms with Gasteiger partial charge in [-0.25, -0.2) is 0 Å². The normalized spacial score (nSPS) is 11.1. The van der Waals surface area contributed by atoms with E-state index in [0.717, 1.165) is 13.1 Å². The predicted octanol–water partition coefficient (Wildman–Crippen LogP) is 5.38. The Morgan fingerprint density at radius 1 is 1.05 bits per heavy atom. The van der Waals surface area contributed by atoms with Gasteiger partial charge in [-0.05, 0) is 54.3 Å². The van der Waals surface area contributed by atoms with Crippen molar-refractivity contribution in [1.29, 1.82) is 0 Å². The van der Waals surface area contributed by atoms with Crippen LogP contribution in [0, 0.1) is 6.92 Å². The average molecular weight is 299 g/mol. The molecule has 0 saturated heterocycles. The van der Waals surface area contributed by atoms with Gasteiger partial charge in [-0.2, -0.15) is 0 Å². The van der Waals surface area contributed by atoms with Crippen molar-refractivity contribution in [3.63, 3.8) is 0 Å². The first-order valence-corrected chi connectivity index (χ1v) is 8.50. The van der Waals surface area contributed by atoms with Crippen LogP contribution < -0.4 is 5.32 Å². The topological polar surface area (TPSA) is 12.0 Å². The molecule has 2 aromatic rings. The van der Waals surface area contributed by atoms with Crippen LogP contribution in [0.4, 0.5) is 0 Å². The Labute approximate surface area is 133 Å². The van der Waals surface area contributed by atoms with Crippen molar-refractivity contribution in [2.75, 3.05) is 6.54 Å². The van der Waals surface area contributed by atoms with Gasteiger partial charge in [-0.1, -0.05) is 56.8 Å². The first-order chi connectivity index (χ1) is 10.1. The van der Waals surface area contributed by atoms with Crippen LogP contribution in [-0.2, 0) is 6.54 Å². The molecule has 1 nitrogen and oxygen atoms in total. The molecule has 2 rings (SSSR count). The van der Waals surface area contributed by atoms with Gasteiger partial charge in [-0.15, -0.1) is 0 Å². The zero-order chi connectivity index (χ0) is 15.2. The summed E-state index contributed by atoms with van der Waals surface area (Å²) in [5, 5.41) is 3.37. The molecule has 0 bridgehead atoms. The monoisotopic (exact) mass is 299 g/mol. The van der Waals surface area contributed by atoms with E-state index in [1.165, 1.54) is 26.5 Å². The maximum Gasteiger partial charge on any atom is 0.0205 e. The molecular weight excluding hydrogens is 274 g/mol. The third-order valence-electron chi connectivity index (χ3n) is 3.59. The molecule has 2 heteroatoms. The molecule has 0 amide bonds. The molecule has 0 atom stereocenters. The average Bonchev–Trinajstić information content (AvgIpc) is 2.48. The standard InChI is InChI=1S/C19H25NS/c1-5-20-13-16-6-11-19(15(4)12-16)21-18-9-7-17(8-10-18)14(2)3/h6-12,14,20H,5,13H2,1-4H3. The summed E-state index contributed by atoms with van der Waals surface area (Å²) in [6.07, 6.45) is 0. The van der Waals surface area contributed by atoms with Crippen molar-refractivity contribution in [2.45, 2.75) is 49.9 Å². The number of rotatable bonds is 6. The lowest BCUT2D eigenvalue weighted by Gasteiger charge is -2.10. The second-order valence-corrected chi connectivity index (χ2v) is 6.82. The number of hydrogen-bond donors (Lipinski definition) is 1. The van der Waals surface area contributed by atoms with Gasteiger partial charge in [0.1, 0.15) is 0 Å². The third-order valence-corrected chi connectivity index (χ3v) is 4.78. The molecule has 0 heterocycles. The summed E-state index contributed by atoms with van der Waals surface area (Å²) in [5.74, 6) is 0.594. The molecule has 0 fully saturated rings. The Balaban J connectivity index is 2.08. The summed E-state index contributed by atoms with van der Waals surface area (Å²) < 4.78 is 0. The maximum atomic E-state index is 3.37. The second-order valence-electron chi connectivity index (χ2n) is 5.71. The molecule has 2 aromatic carbocycles. The summed E-state index contributed by atoms with van der Waals surface area (Å²) in [6.45, 7) is 10.8. The van der Waals surface area contributed by atoms with E-state index in [9.17, 15) is 0 Å². The van der Waals surface area contributed by atoms with Gasteiger partial charge < -0.3 is 5.32 Å².